The first-order valence-electron chi connectivity index (χ1n) is 9.25. The van der Waals surface area contributed by atoms with Crippen molar-refractivity contribution in [3.8, 4) is 0 Å². The maximum atomic E-state index is 12.7. The van der Waals surface area contributed by atoms with Crippen molar-refractivity contribution in [2.75, 3.05) is 11.8 Å². The first-order chi connectivity index (χ1) is 12.8. The molecule has 1 aliphatic rings. The van der Waals surface area contributed by atoms with Gasteiger partial charge in [-0.3, -0.25) is 9.52 Å². The monoisotopic (exact) mass is 386 g/mol. The molecule has 6 heteroatoms. The van der Waals surface area contributed by atoms with E-state index in [-0.39, 0.29) is 10.8 Å². The summed E-state index contributed by atoms with van der Waals surface area (Å²) in [5.41, 5.74) is 2.78. The van der Waals surface area contributed by atoms with E-state index in [1.54, 1.807) is 49.4 Å². The van der Waals surface area contributed by atoms with Gasteiger partial charge in [0.25, 0.3) is 15.9 Å². The molecule has 0 heterocycles. The molecule has 1 fully saturated rings. The molecule has 1 N–H and O–H groups in total. The summed E-state index contributed by atoms with van der Waals surface area (Å²) in [6.45, 7) is 3.71. The maximum absolute atomic E-state index is 12.7. The van der Waals surface area contributed by atoms with Crippen LogP contribution < -0.4 is 4.72 Å². The molecular weight excluding hydrogens is 360 g/mol. The van der Waals surface area contributed by atoms with Crippen molar-refractivity contribution < 1.29 is 13.2 Å². The number of rotatable bonds is 5. The molecule has 2 aromatic rings. The number of nitrogens with one attached hydrogen (secondary N) is 1. The molecule has 27 heavy (non-hydrogen) atoms. The molecule has 0 aromatic heterocycles. The van der Waals surface area contributed by atoms with Gasteiger partial charge in [-0.1, -0.05) is 30.5 Å². The van der Waals surface area contributed by atoms with Crippen LogP contribution in [0.3, 0.4) is 0 Å². The van der Waals surface area contributed by atoms with Crippen LogP contribution in [-0.4, -0.2) is 32.3 Å². The Morgan fingerprint density at radius 2 is 1.67 bits per heavy atom. The summed E-state index contributed by atoms with van der Waals surface area (Å²) in [4.78, 5) is 14.8. The molecule has 0 saturated heterocycles. The first-order valence-corrected chi connectivity index (χ1v) is 10.7. The minimum Gasteiger partial charge on any atom is -0.339 e. The molecule has 0 unspecified atom stereocenters. The van der Waals surface area contributed by atoms with Crippen molar-refractivity contribution >= 4 is 21.6 Å². The highest BCUT2D eigenvalue weighted by molar-refractivity contribution is 7.92. The van der Waals surface area contributed by atoms with Gasteiger partial charge in [0.1, 0.15) is 0 Å². The van der Waals surface area contributed by atoms with Gasteiger partial charge in [-0.05, 0) is 62.6 Å². The van der Waals surface area contributed by atoms with E-state index in [1.165, 1.54) is 12.8 Å². The largest absolute Gasteiger partial charge is 0.339 e. The summed E-state index contributed by atoms with van der Waals surface area (Å²) in [5, 5.41) is 0. The molecule has 5 nitrogen and oxygen atoms in total. The van der Waals surface area contributed by atoms with Crippen LogP contribution in [0.15, 0.2) is 47.4 Å². The fraction of sp³-hybridized carbons (Fsp3) is 0.381. The second-order valence-corrected chi connectivity index (χ2v) is 8.98. The Hall–Kier alpha value is -2.34. The van der Waals surface area contributed by atoms with E-state index in [9.17, 15) is 13.2 Å². The highest BCUT2D eigenvalue weighted by atomic mass is 32.2. The average molecular weight is 387 g/mol. The zero-order chi connectivity index (χ0) is 19.6. The summed E-state index contributed by atoms with van der Waals surface area (Å²) in [6, 6.07) is 12.1. The van der Waals surface area contributed by atoms with E-state index in [0.717, 1.165) is 24.0 Å². The number of amides is 1. The third kappa shape index (κ3) is 4.33. The Labute approximate surface area is 161 Å². The number of hydrogen-bond acceptors (Lipinski definition) is 3. The molecule has 0 bridgehead atoms. The van der Waals surface area contributed by atoms with Crippen LogP contribution in [0.4, 0.5) is 5.69 Å². The van der Waals surface area contributed by atoms with Crippen LogP contribution >= 0.6 is 0 Å². The van der Waals surface area contributed by atoms with Crippen molar-refractivity contribution in [3.63, 3.8) is 0 Å². The van der Waals surface area contributed by atoms with Crippen LogP contribution in [0, 0.1) is 13.8 Å². The lowest BCUT2D eigenvalue weighted by Gasteiger charge is -2.24. The fourth-order valence-electron chi connectivity index (χ4n) is 3.49. The van der Waals surface area contributed by atoms with Gasteiger partial charge in [0.15, 0.2) is 0 Å². The lowest BCUT2D eigenvalue weighted by molar-refractivity contribution is 0.0735. The summed E-state index contributed by atoms with van der Waals surface area (Å²) >= 11 is 0. The van der Waals surface area contributed by atoms with Gasteiger partial charge in [-0.25, -0.2) is 8.42 Å². The third-order valence-electron chi connectivity index (χ3n) is 5.24. The molecule has 0 radical (unpaired) electrons. The lowest BCUT2D eigenvalue weighted by atomic mass is 10.1. The quantitative estimate of drug-likeness (QED) is 0.841. The molecule has 3 rings (SSSR count). The molecule has 0 atom stereocenters. The minimum atomic E-state index is -3.66. The molecule has 2 aromatic carbocycles. The van der Waals surface area contributed by atoms with E-state index in [1.807, 2.05) is 18.9 Å². The van der Waals surface area contributed by atoms with Crippen LogP contribution in [0.25, 0.3) is 0 Å². The number of carbonyl (C=O) groups is 1. The second-order valence-electron chi connectivity index (χ2n) is 7.30. The van der Waals surface area contributed by atoms with E-state index in [4.69, 9.17) is 0 Å². The Kier molecular flexibility index (Phi) is 5.56. The van der Waals surface area contributed by atoms with Crippen LogP contribution in [0.1, 0.15) is 47.2 Å². The average Bonchev–Trinajstić information content (AvgIpc) is 3.17. The lowest BCUT2D eigenvalue weighted by Crippen LogP contribution is -2.35. The highest BCUT2D eigenvalue weighted by Crippen LogP contribution is 2.25. The fourth-order valence-corrected chi connectivity index (χ4v) is 4.62. The SMILES string of the molecule is Cc1ccc(S(=O)(=O)Nc2ccc(C(=O)N(C)C3CCCC3)cc2C)cc1. The second kappa shape index (κ2) is 7.72. The predicted molar refractivity (Wildman–Crippen MR) is 108 cm³/mol. The van der Waals surface area contributed by atoms with Gasteiger partial charge in [0.05, 0.1) is 10.6 Å². The number of sulfonamides is 1. The molecule has 0 aliphatic heterocycles. The number of hydrogen-bond donors (Lipinski definition) is 1. The van der Waals surface area contributed by atoms with Crippen LogP contribution in [0.2, 0.25) is 0 Å². The molecule has 0 spiro atoms. The van der Waals surface area contributed by atoms with Gasteiger partial charge in [0, 0.05) is 18.7 Å². The number of carbonyl (C=O) groups excluding carboxylic acids is 1. The first kappa shape index (κ1) is 19.4. The number of nitrogens with zero attached hydrogens (tertiary/aromatic N) is 1. The van der Waals surface area contributed by atoms with E-state index in [0.29, 0.717) is 17.3 Å². The third-order valence-corrected chi connectivity index (χ3v) is 6.62. The van der Waals surface area contributed by atoms with E-state index in [2.05, 4.69) is 4.72 Å². The van der Waals surface area contributed by atoms with E-state index < -0.39 is 10.0 Å². The van der Waals surface area contributed by atoms with Crippen molar-refractivity contribution in [1.29, 1.82) is 0 Å². The normalized spacial score (nSPS) is 14.9. The van der Waals surface area contributed by atoms with E-state index >= 15 is 0 Å². The topological polar surface area (TPSA) is 66.5 Å². The van der Waals surface area contributed by atoms with Gasteiger partial charge in [-0.15, -0.1) is 0 Å². The molecular formula is C21H26N2O3S. The maximum Gasteiger partial charge on any atom is 0.261 e. The highest BCUT2D eigenvalue weighted by Gasteiger charge is 2.24. The number of aryl methyl sites for hydroxylation is 2. The van der Waals surface area contributed by atoms with Gasteiger partial charge < -0.3 is 4.90 Å². The smallest absolute Gasteiger partial charge is 0.261 e. The minimum absolute atomic E-state index is 0.0158. The molecule has 1 amide bonds. The molecule has 1 aliphatic carbocycles. The Morgan fingerprint density at radius 3 is 2.26 bits per heavy atom. The van der Waals surface area contributed by atoms with Gasteiger partial charge in [-0.2, -0.15) is 0 Å². The summed E-state index contributed by atoms with van der Waals surface area (Å²) in [5.74, 6) is -0.0158. The Balaban J connectivity index is 1.78. The van der Waals surface area contributed by atoms with Gasteiger partial charge >= 0.3 is 0 Å². The number of benzene rings is 2. The van der Waals surface area contributed by atoms with Crippen LogP contribution in [-0.2, 0) is 10.0 Å². The summed E-state index contributed by atoms with van der Waals surface area (Å²) in [7, 11) is -1.81. The van der Waals surface area contributed by atoms with Crippen molar-refractivity contribution in [1.82, 2.24) is 4.90 Å². The van der Waals surface area contributed by atoms with Crippen molar-refractivity contribution in [2.24, 2.45) is 0 Å². The standard InChI is InChI=1S/C21H26N2O3S/c1-15-8-11-19(12-9-15)27(25,26)22-20-13-10-17(14-16(20)2)21(24)23(3)18-6-4-5-7-18/h8-14,18,22H,4-7H2,1-3H3. The Bertz CT molecular complexity index is 930. The van der Waals surface area contributed by atoms with Crippen LogP contribution in [0.5, 0.6) is 0 Å². The summed E-state index contributed by atoms with van der Waals surface area (Å²) in [6.07, 6.45) is 4.44. The van der Waals surface area contributed by atoms with Crippen molar-refractivity contribution in [3.05, 3.63) is 59.2 Å². The molecule has 144 valence electrons. The predicted octanol–water partition coefficient (Wildman–Crippen LogP) is 4.12. The van der Waals surface area contributed by atoms with Crippen molar-refractivity contribution in [2.45, 2.75) is 50.5 Å². The molecule has 1 saturated carbocycles. The summed E-state index contributed by atoms with van der Waals surface area (Å²) < 4.78 is 27.8. The number of anilines is 1. The van der Waals surface area contributed by atoms with Gasteiger partial charge in [0.2, 0.25) is 0 Å². The zero-order valence-electron chi connectivity index (χ0n) is 16.0. The zero-order valence-corrected chi connectivity index (χ0v) is 16.8. The Morgan fingerprint density at radius 1 is 1.04 bits per heavy atom.